The second-order valence-electron chi connectivity index (χ2n) is 9.82. The molecular weight excluding hydrogens is 484 g/mol. The van der Waals surface area contributed by atoms with Crippen LogP contribution in [0, 0.1) is 0 Å². The Hall–Kier alpha value is -2.12. The molecule has 7 heteroatoms. The molecule has 0 saturated carbocycles. The van der Waals surface area contributed by atoms with Crippen molar-refractivity contribution in [1.82, 2.24) is 9.97 Å². The number of benzene rings is 1. The van der Waals surface area contributed by atoms with Crippen molar-refractivity contribution in [2.75, 3.05) is 5.75 Å². The molecule has 1 aromatic heterocycles. The molecule has 1 aliphatic rings. The van der Waals surface area contributed by atoms with E-state index in [4.69, 9.17) is 14.2 Å². The Morgan fingerprint density at radius 2 is 1.41 bits per heavy atom. The third-order valence-corrected chi connectivity index (χ3v) is 7.55. The normalized spacial score (nSPS) is 16.5. The second-order valence-corrected chi connectivity index (χ2v) is 10.9. The van der Waals surface area contributed by atoms with Gasteiger partial charge in [0.05, 0.1) is 0 Å². The number of unbranched alkanes of at least 4 members (excludes halogenated alkanes) is 11. The smallest absolute Gasteiger partial charge is 0.401 e. The van der Waals surface area contributed by atoms with Crippen molar-refractivity contribution in [2.24, 2.45) is 0 Å². The summed E-state index contributed by atoms with van der Waals surface area (Å²) in [7, 11) is 0. The van der Waals surface area contributed by atoms with Gasteiger partial charge in [-0.1, -0.05) is 115 Å². The summed E-state index contributed by atoms with van der Waals surface area (Å²) >= 11 is 1.71. The van der Waals surface area contributed by atoms with Gasteiger partial charge < -0.3 is 14.2 Å². The number of hydrogen-bond acceptors (Lipinski definition) is 7. The first kappa shape index (κ1) is 29.4. The molecule has 1 saturated heterocycles. The molecule has 204 valence electrons. The maximum Gasteiger partial charge on any atom is 0.516 e. The van der Waals surface area contributed by atoms with Crippen LogP contribution >= 0.6 is 11.8 Å². The fraction of sp³-hybridized carbons (Fsp3) is 0.633. The summed E-state index contributed by atoms with van der Waals surface area (Å²) in [6.07, 6.45) is 20.0. The van der Waals surface area contributed by atoms with Crippen LogP contribution in [0.4, 0.5) is 4.79 Å². The van der Waals surface area contributed by atoms with Crippen LogP contribution in [-0.2, 0) is 9.47 Å². The zero-order valence-electron chi connectivity index (χ0n) is 22.7. The molecule has 1 aliphatic heterocycles. The number of hydrogen-bond donors (Lipinski definition) is 0. The van der Waals surface area contributed by atoms with Gasteiger partial charge in [0.15, 0.2) is 5.16 Å². The van der Waals surface area contributed by atoms with E-state index in [1.165, 1.54) is 77.0 Å². The van der Waals surface area contributed by atoms with Gasteiger partial charge in [0.2, 0.25) is 6.29 Å². The van der Waals surface area contributed by atoms with Crippen molar-refractivity contribution >= 4 is 17.9 Å². The van der Waals surface area contributed by atoms with Crippen LogP contribution in [0.3, 0.4) is 0 Å². The van der Waals surface area contributed by atoms with Crippen LogP contribution in [0.5, 0.6) is 5.75 Å². The lowest BCUT2D eigenvalue weighted by Crippen LogP contribution is -2.14. The molecule has 1 fully saturated rings. The van der Waals surface area contributed by atoms with Gasteiger partial charge in [0.1, 0.15) is 11.9 Å². The van der Waals surface area contributed by atoms with Crippen LogP contribution in [0.15, 0.2) is 41.8 Å². The molecule has 0 N–H and O–H groups in total. The number of rotatable bonds is 19. The number of epoxide rings is 1. The first-order valence-corrected chi connectivity index (χ1v) is 15.3. The summed E-state index contributed by atoms with van der Waals surface area (Å²) in [5.74, 6) is 1.49. The van der Waals surface area contributed by atoms with Gasteiger partial charge in [0, 0.05) is 23.7 Å². The molecule has 0 bridgehead atoms. The number of carbonyl (C=O) groups excluding carboxylic acids is 1. The van der Waals surface area contributed by atoms with Gasteiger partial charge >= 0.3 is 6.16 Å². The van der Waals surface area contributed by atoms with Crippen molar-refractivity contribution in [2.45, 2.75) is 121 Å². The van der Waals surface area contributed by atoms with Crippen molar-refractivity contribution < 1.29 is 19.0 Å². The fourth-order valence-electron chi connectivity index (χ4n) is 4.25. The lowest BCUT2D eigenvalue weighted by molar-refractivity contribution is 0.0562. The van der Waals surface area contributed by atoms with E-state index in [-0.39, 0.29) is 6.10 Å². The Labute approximate surface area is 227 Å². The van der Waals surface area contributed by atoms with E-state index in [0.29, 0.717) is 5.75 Å². The lowest BCUT2D eigenvalue weighted by atomic mass is 10.1. The summed E-state index contributed by atoms with van der Waals surface area (Å²) in [6.45, 7) is 4.48. The standard InChI is InChI=1S/C30H44N2O4S/c1-3-5-7-9-11-12-14-16-27-28(35-27)36-30(33)34-26-19-17-24(18-20-26)25-22-31-29(32-23-25)37-21-15-13-10-8-6-4-2/h17-20,22-23,27-28H,3-16,21H2,1-2H3/t27-,28+/m0/s1. The molecule has 2 aromatic rings. The third-order valence-electron chi connectivity index (χ3n) is 6.59. The Balaban J connectivity index is 1.29. The van der Waals surface area contributed by atoms with E-state index in [1.807, 2.05) is 24.5 Å². The second kappa shape index (κ2) is 17.4. The highest BCUT2D eigenvalue weighted by molar-refractivity contribution is 7.99. The van der Waals surface area contributed by atoms with Crippen molar-refractivity contribution in [1.29, 1.82) is 0 Å². The number of nitrogens with zero attached hydrogens (tertiary/aromatic N) is 2. The van der Waals surface area contributed by atoms with E-state index in [2.05, 4.69) is 23.8 Å². The summed E-state index contributed by atoms with van der Waals surface area (Å²) in [5, 5.41) is 0.813. The Morgan fingerprint density at radius 1 is 0.811 bits per heavy atom. The van der Waals surface area contributed by atoms with Crippen molar-refractivity contribution in [3.05, 3.63) is 36.7 Å². The molecule has 2 heterocycles. The highest BCUT2D eigenvalue weighted by Crippen LogP contribution is 2.30. The van der Waals surface area contributed by atoms with Crippen molar-refractivity contribution in [3.8, 4) is 16.9 Å². The first-order valence-electron chi connectivity index (χ1n) is 14.3. The highest BCUT2D eigenvalue weighted by Gasteiger charge is 2.42. The maximum atomic E-state index is 12.1. The van der Waals surface area contributed by atoms with Crippen LogP contribution in [-0.4, -0.2) is 34.3 Å². The van der Waals surface area contributed by atoms with E-state index in [1.54, 1.807) is 23.9 Å². The zero-order valence-corrected chi connectivity index (χ0v) is 23.5. The first-order chi connectivity index (χ1) is 18.2. The van der Waals surface area contributed by atoms with Gasteiger partial charge in [-0.3, -0.25) is 0 Å². The predicted octanol–water partition coefficient (Wildman–Crippen LogP) is 8.98. The molecule has 0 spiro atoms. The topological polar surface area (TPSA) is 73.8 Å². The van der Waals surface area contributed by atoms with Crippen LogP contribution in [0.1, 0.15) is 104 Å². The molecule has 3 rings (SSSR count). The zero-order chi connectivity index (χ0) is 26.1. The molecule has 0 amide bonds. The van der Waals surface area contributed by atoms with E-state index in [9.17, 15) is 4.79 Å². The maximum absolute atomic E-state index is 12.1. The molecule has 37 heavy (non-hydrogen) atoms. The summed E-state index contributed by atoms with van der Waals surface area (Å²) in [4.78, 5) is 21.1. The predicted molar refractivity (Wildman–Crippen MR) is 150 cm³/mol. The minimum atomic E-state index is -0.727. The molecule has 1 aromatic carbocycles. The van der Waals surface area contributed by atoms with Gasteiger partial charge in [-0.15, -0.1) is 0 Å². The number of aromatic nitrogens is 2. The average Bonchev–Trinajstić information content (AvgIpc) is 3.65. The summed E-state index contributed by atoms with van der Waals surface area (Å²) in [6, 6.07) is 7.28. The highest BCUT2D eigenvalue weighted by atomic mass is 32.2. The molecular formula is C30H44N2O4S. The average molecular weight is 529 g/mol. The van der Waals surface area contributed by atoms with Gasteiger partial charge in [-0.2, -0.15) is 0 Å². The fourth-order valence-corrected chi connectivity index (χ4v) is 5.04. The third kappa shape index (κ3) is 11.9. The van der Waals surface area contributed by atoms with Crippen LogP contribution < -0.4 is 4.74 Å². The minimum Gasteiger partial charge on any atom is -0.401 e. The minimum absolute atomic E-state index is 0.0116. The van der Waals surface area contributed by atoms with Crippen LogP contribution in [0.25, 0.3) is 11.1 Å². The van der Waals surface area contributed by atoms with E-state index < -0.39 is 12.4 Å². The Bertz CT molecular complexity index is 891. The van der Waals surface area contributed by atoms with Gasteiger partial charge in [-0.25, -0.2) is 14.8 Å². The Morgan fingerprint density at radius 3 is 2.05 bits per heavy atom. The van der Waals surface area contributed by atoms with Gasteiger partial charge in [-0.05, 0) is 30.5 Å². The van der Waals surface area contributed by atoms with Crippen LogP contribution in [0.2, 0.25) is 0 Å². The number of ether oxygens (including phenoxy) is 3. The molecule has 0 aliphatic carbocycles. The number of carbonyl (C=O) groups is 1. The number of thioether (sulfide) groups is 1. The molecule has 2 atom stereocenters. The summed E-state index contributed by atoms with van der Waals surface area (Å²) < 4.78 is 16.1. The van der Waals surface area contributed by atoms with E-state index >= 15 is 0 Å². The lowest BCUT2D eigenvalue weighted by Gasteiger charge is -2.06. The molecule has 0 radical (unpaired) electrons. The SMILES string of the molecule is CCCCCCCCC[C@@H]1O[C@@H]1OC(=O)Oc1ccc(-c2cnc(SCCCCCCCC)nc2)cc1. The quantitative estimate of drug-likeness (QED) is 0.0450. The van der Waals surface area contributed by atoms with Gasteiger partial charge in [0.25, 0.3) is 0 Å². The molecule has 6 nitrogen and oxygen atoms in total. The van der Waals surface area contributed by atoms with E-state index in [0.717, 1.165) is 34.9 Å². The summed E-state index contributed by atoms with van der Waals surface area (Å²) in [5.41, 5.74) is 1.89. The molecule has 0 unspecified atom stereocenters. The van der Waals surface area contributed by atoms with Crippen molar-refractivity contribution in [3.63, 3.8) is 0 Å². The largest absolute Gasteiger partial charge is 0.516 e. The Kier molecular flexibility index (Phi) is 13.8. The monoisotopic (exact) mass is 528 g/mol.